The lowest BCUT2D eigenvalue weighted by Gasteiger charge is -2.18. The second-order valence-corrected chi connectivity index (χ2v) is 10.0. The van der Waals surface area contributed by atoms with Crippen LogP contribution in [0.25, 0.3) is 33.3 Å². The molecule has 0 saturated heterocycles. The summed E-state index contributed by atoms with van der Waals surface area (Å²) in [5.41, 5.74) is 4.95. The van der Waals surface area contributed by atoms with E-state index in [-0.39, 0.29) is 18.3 Å². The molecule has 3 aromatic heterocycles. The first-order valence-corrected chi connectivity index (χ1v) is 12.7. The van der Waals surface area contributed by atoms with Gasteiger partial charge in [-0.05, 0) is 89.5 Å². The molecule has 182 valence electrons. The maximum absolute atomic E-state index is 13.1. The monoisotopic (exact) mass is 592 g/mol. The van der Waals surface area contributed by atoms with Crippen molar-refractivity contribution in [1.82, 2.24) is 19.7 Å². The van der Waals surface area contributed by atoms with Crippen molar-refractivity contribution in [2.75, 3.05) is 6.61 Å². The lowest BCUT2D eigenvalue weighted by atomic mass is 10.0. The average molecular weight is 592 g/mol. The zero-order valence-corrected chi connectivity index (χ0v) is 22.0. The highest BCUT2D eigenvalue weighted by atomic mass is 127. The van der Waals surface area contributed by atoms with Gasteiger partial charge in [0.1, 0.15) is 5.69 Å². The van der Waals surface area contributed by atoms with E-state index in [9.17, 15) is 9.90 Å². The number of nitrogens with zero attached hydrogens (tertiary/aromatic N) is 3. The lowest BCUT2D eigenvalue weighted by Crippen LogP contribution is -2.26. The van der Waals surface area contributed by atoms with Gasteiger partial charge in [0.15, 0.2) is 0 Å². The number of nitrogens with one attached hydrogen (secondary N) is 1. The average Bonchev–Trinajstić information content (AvgIpc) is 3.29. The molecule has 8 heteroatoms. The van der Waals surface area contributed by atoms with Gasteiger partial charge in [0, 0.05) is 39.0 Å². The Morgan fingerprint density at radius 3 is 2.53 bits per heavy atom. The van der Waals surface area contributed by atoms with E-state index < -0.39 is 6.04 Å². The minimum absolute atomic E-state index is 0.0525. The second kappa shape index (κ2) is 10.2. The highest BCUT2D eigenvalue weighted by molar-refractivity contribution is 14.1. The number of halogens is 1. The van der Waals surface area contributed by atoms with Crippen molar-refractivity contribution in [3.8, 4) is 28.3 Å². The SMILES string of the molecule is CC(C)Oc1ccc(-c2n[nH]c3ccc(-c4ccn([C@H](CO)c5cccc(I)c5)c(=O)c4)cc23)cn1. The van der Waals surface area contributed by atoms with E-state index in [2.05, 4.69) is 37.8 Å². The zero-order chi connectivity index (χ0) is 25.2. The summed E-state index contributed by atoms with van der Waals surface area (Å²) in [6.07, 6.45) is 3.55. The molecule has 0 spiro atoms. The van der Waals surface area contributed by atoms with Crippen molar-refractivity contribution in [3.05, 3.63) is 98.6 Å². The number of aliphatic hydroxyl groups excluding tert-OH is 1. The van der Waals surface area contributed by atoms with Gasteiger partial charge in [-0.3, -0.25) is 9.89 Å². The molecule has 1 atom stereocenters. The molecule has 0 fully saturated rings. The van der Waals surface area contributed by atoms with Crippen molar-refractivity contribution >= 4 is 33.5 Å². The molecule has 0 radical (unpaired) electrons. The maximum Gasteiger partial charge on any atom is 0.251 e. The van der Waals surface area contributed by atoms with Gasteiger partial charge in [0.2, 0.25) is 5.88 Å². The summed E-state index contributed by atoms with van der Waals surface area (Å²) in [5.74, 6) is 0.571. The molecule has 0 saturated carbocycles. The van der Waals surface area contributed by atoms with E-state index in [1.807, 2.05) is 74.5 Å². The molecule has 7 nitrogen and oxygen atoms in total. The fourth-order valence-electron chi connectivity index (χ4n) is 4.24. The van der Waals surface area contributed by atoms with Crippen LogP contribution < -0.4 is 10.3 Å². The quantitative estimate of drug-likeness (QED) is 0.246. The van der Waals surface area contributed by atoms with Crippen LogP contribution in [0.3, 0.4) is 0 Å². The Kier molecular flexibility index (Phi) is 6.88. The Morgan fingerprint density at radius 1 is 1.03 bits per heavy atom. The molecule has 5 aromatic rings. The fraction of sp³-hybridized carbons (Fsp3) is 0.179. The third-order valence-electron chi connectivity index (χ3n) is 5.95. The number of aromatic amines is 1. The first-order valence-electron chi connectivity index (χ1n) is 11.6. The van der Waals surface area contributed by atoms with Crippen LogP contribution in [0.4, 0.5) is 0 Å². The standard InChI is InChI=1S/C28H25IN4O3/c1-17(2)36-26-9-7-21(15-30-26)28-23-13-18(6-8-24(23)31-32-28)19-10-11-33(27(35)14-19)25(16-34)20-4-3-5-22(29)12-20/h3-15,17,25,34H,16H2,1-2H3,(H,31,32)/t25-/m1/s1. The summed E-state index contributed by atoms with van der Waals surface area (Å²) in [6, 6.07) is 20.6. The van der Waals surface area contributed by atoms with Crippen molar-refractivity contribution < 1.29 is 9.84 Å². The topological polar surface area (TPSA) is 93.0 Å². The van der Waals surface area contributed by atoms with E-state index in [4.69, 9.17) is 4.74 Å². The minimum Gasteiger partial charge on any atom is -0.475 e. The third-order valence-corrected chi connectivity index (χ3v) is 6.62. The second-order valence-electron chi connectivity index (χ2n) is 8.80. The lowest BCUT2D eigenvalue weighted by molar-refractivity contribution is 0.232. The molecule has 2 aromatic carbocycles. The van der Waals surface area contributed by atoms with Crippen LogP contribution in [0.5, 0.6) is 5.88 Å². The summed E-state index contributed by atoms with van der Waals surface area (Å²) < 4.78 is 8.27. The van der Waals surface area contributed by atoms with Gasteiger partial charge in [0.25, 0.3) is 5.56 Å². The maximum atomic E-state index is 13.1. The summed E-state index contributed by atoms with van der Waals surface area (Å²) in [5, 5.41) is 18.5. The molecular weight excluding hydrogens is 567 g/mol. The molecule has 0 unspecified atom stereocenters. The van der Waals surface area contributed by atoms with E-state index in [0.717, 1.165) is 42.4 Å². The van der Waals surface area contributed by atoms with Crippen LogP contribution in [-0.2, 0) is 0 Å². The third kappa shape index (κ3) is 4.91. The van der Waals surface area contributed by atoms with E-state index in [0.29, 0.717) is 5.88 Å². The van der Waals surface area contributed by atoms with E-state index in [1.165, 1.54) is 0 Å². The summed E-state index contributed by atoms with van der Waals surface area (Å²) in [7, 11) is 0. The van der Waals surface area contributed by atoms with Crippen LogP contribution in [-0.4, -0.2) is 37.6 Å². The predicted octanol–water partition coefficient (Wildman–Crippen LogP) is 5.43. The molecule has 0 bridgehead atoms. The first-order chi connectivity index (χ1) is 17.4. The number of hydrogen-bond donors (Lipinski definition) is 2. The van der Waals surface area contributed by atoms with Gasteiger partial charge in [-0.25, -0.2) is 4.98 Å². The van der Waals surface area contributed by atoms with Gasteiger partial charge in [-0.15, -0.1) is 0 Å². The van der Waals surface area contributed by atoms with Gasteiger partial charge in [-0.2, -0.15) is 5.10 Å². The van der Waals surface area contributed by atoms with Gasteiger partial charge in [0.05, 0.1) is 24.3 Å². The number of aromatic nitrogens is 4. The number of fused-ring (bicyclic) bond motifs is 1. The van der Waals surface area contributed by atoms with Gasteiger partial charge >= 0.3 is 0 Å². The highest BCUT2D eigenvalue weighted by Gasteiger charge is 2.16. The van der Waals surface area contributed by atoms with Crippen LogP contribution in [0, 0.1) is 3.57 Å². The van der Waals surface area contributed by atoms with Crippen LogP contribution in [0.1, 0.15) is 25.5 Å². The number of ether oxygens (including phenoxy) is 1. The number of H-pyrrole nitrogens is 1. The number of pyridine rings is 2. The Bertz CT molecular complexity index is 1570. The van der Waals surface area contributed by atoms with Crippen molar-refractivity contribution in [3.63, 3.8) is 0 Å². The molecule has 5 rings (SSSR count). The molecule has 36 heavy (non-hydrogen) atoms. The number of hydrogen-bond acceptors (Lipinski definition) is 5. The van der Waals surface area contributed by atoms with Crippen LogP contribution >= 0.6 is 22.6 Å². The largest absolute Gasteiger partial charge is 0.475 e. The minimum atomic E-state index is -0.445. The van der Waals surface area contributed by atoms with Crippen LogP contribution in [0.15, 0.2) is 83.9 Å². The molecule has 0 aliphatic rings. The molecule has 0 aliphatic carbocycles. The zero-order valence-electron chi connectivity index (χ0n) is 19.9. The smallest absolute Gasteiger partial charge is 0.251 e. The van der Waals surface area contributed by atoms with E-state index >= 15 is 0 Å². The molecular formula is C28H25IN4O3. The summed E-state index contributed by atoms with van der Waals surface area (Å²) >= 11 is 2.23. The number of aliphatic hydroxyl groups is 1. The predicted molar refractivity (Wildman–Crippen MR) is 149 cm³/mol. The van der Waals surface area contributed by atoms with E-state index in [1.54, 1.807) is 23.0 Å². The fourth-order valence-corrected chi connectivity index (χ4v) is 4.81. The molecule has 3 heterocycles. The summed E-state index contributed by atoms with van der Waals surface area (Å²) in [4.78, 5) is 17.5. The van der Waals surface area contributed by atoms with Crippen molar-refractivity contribution in [2.45, 2.75) is 26.0 Å². The Labute approximate surface area is 221 Å². The van der Waals surface area contributed by atoms with Crippen molar-refractivity contribution in [1.29, 1.82) is 0 Å². The van der Waals surface area contributed by atoms with Crippen LogP contribution in [0.2, 0.25) is 0 Å². The van der Waals surface area contributed by atoms with Gasteiger partial charge in [-0.1, -0.05) is 18.2 Å². The molecule has 0 aliphatic heterocycles. The number of benzene rings is 2. The molecule has 2 N–H and O–H groups in total. The molecule has 0 amide bonds. The first kappa shape index (κ1) is 24.2. The Morgan fingerprint density at radius 2 is 1.83 bits per heavy atom. The highest BCUT2D eigenvalue weighted by Crippen LogP contribution is 2.31. The number of rotatable bonds is 7. The van der Waals surface area contributed by atoms with Gasteiger partial charge < -0.3 is 14.4 Å². The normalized spacial score (nSPS) is 12.2. The Balaban J connectivity index is 1.49. The summed E-state index contributed by atoms with van der Waals surface area (Å²) in [6.45, 7) is 3.75. The van der Waals surface area contributed by atoms with Crippen molar-refractivity contribution in [2.24, 2.45) is 0 Å². The Hall–Kier alpha value is -3.50.